The van der Waals surface area contributed by atoms with E-state index in [1.54, 1.807) is 11.3 Å². The van der Waals surface area contributed by atoms with Crippen molar-refractivity contribution in [2.45, 2.75) is 12.8 Å². The molecule has 0 saturated carbocycles. The molecular formula is C14H14N2OS. The zero-order chi connectivity index (χ0) is 12.4. The van der Waals surface area contributed by atoms with Crippen molar-refractivity contribution in [1.29, 1.82) is 0 Å². The molecule has 0 saturated heterocycles. The Hall–Kier alpha value is -1.81. The molecule has 0 radical (unpaired) electrons. The van der Waals surface area contributed by atoms with Crippen LogP contribution in [-0.4, -0.2) is 12.5 Å². The molecule has 2 aromatic rings. The molecule has 0 aliphatic carbocycles. The van der Waals surface area contributed by atoms with Crippen LogP contribution in [0, 0.1) is 0 Å². The maximum Gasteiger partial charge on any atom is 0.229 e. The average molecular weight is 258 g/mol. The van der Waals surface area contributed by atoms with Crippen molar-refractivity contribution in [3.63, 3.8) is 0 Å². The van der Waals surface area contributed by atoms with Crippen molar-refractivity contribution >= 4 is 28.6 Å². The second kappa shape index (κ2) is 4.82. The first kappa shape index (κ1) is 11.3. The summed E-state index contributed by atoms with van der Waals surface area (Å²) in [6.07, 6.45) is 1.48. The molecule has 4 heteroatoms. The molecule has 0 atom stereocenters. The molecule has 18 heavy (non-hydrogen) atoms. The van der Waals surface area contributed by atoms with Crippen LogP contribution in [0.25, 0.3) is 0 Å². The predicted molar refractivity (Wildman–Crippen MR) is 75.3 cm³/mol. The molecule has 1 aromatic carbocycles. The van der Waals surface area contributed by atoms with Crippen molar-refractivity contribution < 1.29 is 4.79 Å². The molecule has 2 heterocycles. The number of fused-ring (bicyclic) bond motifs is 1. The van der Waals surface area contributed by atoms with E-state index in [4.69, 9.17) is 0 Å². The van der Waals surface area contributed by atoms with Crippen molar-refractivity contribution in [2.24, 2.45) is 0 Å². The van der Waals surface area contributed by atoms with Gasteiger partial charge in [-0.05, 0) is 41.6 Å². The van der Waals surface area contributed by atoms with Crippen LogP contribution in [0.5, 0.6) is 0 Å². The number of rotatable bonds is 3. The largest absolute Gasteiger partial charge is 0.384 e. The highest BCUT2D eigenvalue weighted by molar-refractivity contribution is 7.10. The predicted octanol–water partition coefficient (Wildman–Crippen LogP) is 2.90. The van der Waals surface area contributed by atoms with Crippen LogP contribution in [0.1, 0.15) is 10.4 Å². The van der Waals surface area contributed by atoms with E-state index >= 15 is 0 Å². The van der Waals surface area contributed by atoms with Gasteiger partial charge in [0.25, 0.3) is 0 Å². The molecule has 1 amide bonds. The second-order valence-electron chi connectivity index (χ2n) is 4.35. The van der Waals surface area contributed by atoms with Crippen LogP contribution in [-0.2, 0) is 17.6 Å². The summed E-state index contributed by atoms with van der Waals surface area (Å²) < 4.78 is 0. The van der Waals surface area contributed by atoms with Crippen LogP contribution < -0.4 is 10.6 Å². The van der Waals surface area contributed by atoms with Crippen molar-refractivity contribution in [1.82, 2.24) is 0 Å². The summed E-state index contributed by atoms with van der Waals surface area (Å²) in [5.74, 6) is 0.0448. The number of anilines is 2. The lowest BCUT2D eigenvalue weighted by molar-refractivity contribution is -0.115. The van der Waals surface area contributed by atoms with Crippen molar-refractivity contribution in [3.05, 3.63) is 46.2 Å². The number of nitrogens with one attached hydrogen (secondary N) is 2. The van der Waals surface area contributed by atoms with Gasteiger partial charge in [0.15, 0.2) is 0 Å². The Morgan fingerprint density at radius 1 is 1.39 bits per heavy atom. The minimum absolute atomic E-state index is 0.0448. The van der Waals surface area contributed by atoms with E-state index in [9.17, 15) is 4.79 Å². The lowest BCUT2D eigenvalue weighted by Gasteiger charge is -2.06. The molecule has 0 unspecified atom stereocenters. The molecule has 1 aliphatic rings. The van der Waals surface area contributed by atoms with Gasteiger partial charge in [-0.25, -0.2) is 0 Å². The maximum atomic E-state index is 11.9. The molecular weight excluding hydrogens is 244 g/mol. The van der Waals surface area contributed by atoms with Gasteiger partial charge in [-0.1, -0.05) is 6.07 Å². The number of hydrogen-bond acceptors (Lipinski definition) is 3. The van der Waals surface area contributed by atoms with Crippen LogP contribution in [0.3, 0.4) is 0 Å². The number of carbonyl (C=O) groups excluding carboxylic acids is 1. The van der Waals surface area contributed by atoms with E-state index in [2.05, 4.69) is 16.7 Å². The van der Waals surface area contributed by atoms with Crippen LogP contribution in [0.2, 0.25) is 0 Å². The molecule has 0 spiro atoms. The highest BCUT2D eigenvalue weighted by Gasteiger charge is 2.11. The van der Waals surface area contributed by atoms with E-state index < -0.39 is 0 Å². The fourth-order valence-corrected chi connectivity index (χ4v) is 2.86. The van der Waals surface area contributed by atoms with E-state index in [0.717, 1.165) is 23.5 Å². The molecule has 3 rings (SSSR count). The van der Waals surface area contributed by atoms with Gasteiger partial charge in [0.1, 0.15) is 0 Å². The quantitative estimate of drug-likeness (QED) is 0.888. The molecule has 3 nitrogen and oxygen atoms in total. The van der Waals surface area contributed by atoms with Gasteiger partial charge in [-0.3, -0.25) is 4.79 Å². The molecule has 1 aromatic heterocycles. The van der Waals surface area contributed by atoms with E-state index in [1.807, 2.05) is 29.6 Å². The van der Waals surface area contributed by atoms with Gasteiger partial charge in [-0.15, -0.1) is 11.3 Å². The van der Waals surface area contributed by atoms with Gasteiger partial charge in [0, 0.05) is 22.8 Å². The number of thiophene rings is 1. The Bertz CT molecular complexity index is 563. The molecule has 0 fully saturated rings. The number of hydrogen-bond donors (Lipinski definition) is 2. The minimum atomic E-state index is 0.0448. The number of carbonyl (C=O) groups is 1. The second-order valence-corrected chi connectivity index (χ2v) is 5.39. The summed E-state index contributed by atoms with van der Waals surface area (Å²) >= 11 is 1.61. The topological polar surface area (TPSA) is 41.1 Å². The highest BCUT2D eigenvalue weighted by atomic mass is 32.1. The van der Waals surface area contributed by atoms with E-state index in [-0.39, 0.29) is 5.91 Å². The smallest absolute Gasteiger partial charge is 0.229 e. The Labute approximate surface area is 110 Å². The Balaban J connectivity index is 1.67. The van der Waals surface area contributed by atoms with Crippen LogP contribution >= 0.6 is 11.3 Å². The van der Waals surface area contributed by atoms with Gasteiger partial charge in [0.05, 0.1) is 6.42 Å². The Morgan fingerprint density at radius 2 is 2.33 bits per heavy atom. The zero-order valence-electron chi connectivity index (χ0n) is 9.90. The first-order valence-electron chi connectivity index (χ1n) is 6.00. The monoisotopic (exact) mass is 258 g/mol. The normalized spacial score (nSPS) is 12.9. The van der Waals surface area contributed by atoms with Crippen LogP contribution in [0.15, 0.2) is 35.7 Å². The first-order valence-corrected chi connectivity index (χ1v) is 6.88. The van der Waals surface area contributed by atoms with Crippen LogP contribution in [0.4, 0.5) is 11.4 Å². The zero-order valence-corrected chi connectivity index (χ0v) is 10.7. The first-order chi connectivity index (χ1) is 8.81. The number of benzene rings is 1. The lowest BCUT2D eigenvalue weighted by Crippen LogP contribution is -2.13. The lowest BCUT2D eigenvalue weighted by atomic mass is 10.1. The third-order valence-electron chi connectivity index (χ3n) is 3.01. The fourth-order valence-electron chi connectivity index (χ4n) is 2.16. The van der Waals surface area contributed by atoms with Gasteiger partial charge in [0.2, 0.25) is 5.91 Å². The Morgan fingerprint density at radius 3 is 3.17 bits per heavy atom. The summed E-state index contributed by atoms with van der Waals surface area (Å²) in [4.78, 5) is 13.0. The highest BCUT2D eigenvalue weighted by Crippen LogP contribution is 2.25. The summed E-state index contributed by atoms with van der Waals surface area (Å²) in [5, 5.41) is 8.25. The van der Waals surface area contributed by atoms with Crippen molar-refractivity contribution in [2.75, 3.05) is 17.2 Å². The summed E-state index contributed by atoms with van der Waals surface area (Å²) in [6, 6.07) is 9.99. The fraction of sp³-hybridized carbons (Fsp3) is 0.214. The van der Waals surface area contributed by atoms with Gasteiger partial charge >= 0.3 is 0 Å². The van der Waals surface area contributed by atoms with E-state index in [1.165, 1.54) is 11.3 Å². The summed E-state index contributed by atoms with van der Waals surface area (Å²) in [7, 11) is 0. The average Bonchev–Trinajstić information content (AvgIpc) is 2.98. The molecule has 92 valence electrons. The maximum absolute atomic E-state index is 11.9. The van der Waals surface area contributed by atoms with E-state index in [0.29, 0.717) is 6.42 Å². The van der Waals surface area contributed by atoms with Gasteiger partial charge < -0.3 is 10.6 Å². The standard InChI is InChI=1S/C14H14N2OS/c17-14(9-12-2-1-7-18-12)16-11-3-4-13-10(8-11)5-6-15-13/h1-4,7-8,15H,5-6,9H2,(H,16,17). The third-order valence-corrected chi connectivity index (χ3v) is 3.89. The summed E-state index contributed by atoms with van der Waals surface area (Å²) in [5.41, 5.74) is 3.36. The molecule has 0 bridgehead atoms. The third kappa shape index (κ3) is 2.38. The Kier molecular flexibility index (Phi) is 3.02. The molecule has 2 N–H and O–H groups in total. The number of amides is 1. The minimum Gasteiger partial charge on any atom is -0.384 e. The molecule has 1 aliphatic heterocycles. The van der Waals surface area contributed by atoms with Crippen molar-refractivity contribution in [3.8, 4) is 0 Å². The SMILES string of the molecule is O=C(Cc1cccs1)Nc1ccc2c(c1)CCN2. The summed E-state index contributed by atoms with van der Waals surface area (Å²) in [6.45, 7) is 0.988. The van der Waals surface area contributed by atoms with Gasteiger partial charge in [-0.2, -0.15) is 0 Å².